The van der Waals surface area contributed by atoms with Gasteiger partial charge in [-0.05, 0) is 32.9 Å². The first-order valence-electron chi connectivity index (χ1n) is 6.61. The first-order chi connectivity index (χ1) is 9.43. The van der Waals surface area contributed by atoms with Crippen molar-refractivity contribution in [2.45, 2.75) is 32.9 Å². The molecule has 0 radical (unpaired) electrons. The van der Waals surface area contributed by atoms with Crippen molar-refractivity contribution in [1.29, 1.82) is 0 Å². The predicted octanol–water partition coefficient (Wildman–Crippen LogP) is 1.26. The number of nitrogens with one attached hydrogen (secondary N) is 2. The molecular weight excluding hydrogens is 256 g/mol. The molecule has 2 N–H and O–H groups in total. The van der Waals surface area contributed by atoms with Crippen LogP contribution in [0.2, 0.25) is 0 Å². The quantitative estimate of drug-likeness (QED) is 0.823. The second-order valence-corrected chi connectivity index (χ2v) is 4.93. The Balaban J connectivity index is 2.55. The summed E-state index contributed by atoms with van der Waals surface area (Å²) < 4.78 is 4.95. The molecule has 2 atom stereocenters. The lowest BCUT2D eigenvalue weighted by molar-refractivity contribution is -0.123. The Hall–Kier alpha value is -1.88. The first kappa shape index (κ1) is 16.2. The number of ether oxygens (including phenoxy) is 1. The van der Waals surface area contributed by atoms with E-state index in [4.69, 9.17) is 4.74 Å². The minimum Gasteiger partial charge on any atom is -0.383 e. The maximum atomic E-state index is 12.0. The van der Waals surface area contributed by atoms with Gasteiger partial charge >= 0.3 is 0 Å². The number of hydrogen-bond acceptors (Lipinski definition) is 3. The topological polar surface area (TPSA) is 67.4 Å². The second-order valence-electron chi connectivity index (χ2n) is 4.93. The van der Waals surface area contributed by atoms with Crippen molar-refractivity contribution < 1.29 is 14.3 Å². The van der Waals surface area contributed by atoms with E-state index in [0.717, 1.165) is 5.56 Å². The van der Waals surface area contributed by atoms with Crippen molar-refractivity contribution in [1.82, 2.24) is 10.6 Å². The Bertz CT molecular complexity index is 474. The molecule has 5 nitrogen and oxygen atoms in total. The minimum atomic E-state index is -0.595. The van der Waals surface area contributed by atoms with Gasteiger partial charge in [0.2, 0.25) is 5.91 Å². The summed E-state index contributed by atoms with van der Waals surface area (Å²) in [6.45, 7) is 5.85. The molecule has 2 amide bonds. The van der Waals surface area contributed by atoms with Crippen molar-refractivity contribution in [3.05, 3.63) is 35.4 Å². The Morgan fingerprint density at radius 3 is 2.55 bits per heavy atom. The van der Waals surface area contributed by atoms with Crippen LogP contribution < -0.4 is 10.6 Å². The zero-order valence-corrected chi connectivity index (χ0v) is 12.4. The highest BCUT2D eigenvalue weighted by molar-refractivity contribution is 5.97. The summed E-state index contributed by atoms with van der Waals surface area (Å²) in [5.74, 6) is -0.480. The number of methoxy groups -OCH3 is 1. The summed E-state index contributed by atoms with van der Waals surface area (Å²) in [5, 5.41) is 5.45. The Morgan fingerprint density at radius 2 is 1.95 bits per heavy atom. The fraction of sp³-hybridized carbons (Fsp3) is 0.467. The largest absolute Gasteiger partial charge is 0.383 e. The molecule has 0 aliphatic rings. The number of aryl methyl sites for hydroxylation is 1. The van der Waals surface area contributed by atoms with E-state index >= 15 is 0 Å². The van der Waals surface area contributed by atoms with Gasteiger partial charge in [-0.25, -0.2) is 0 Å². The zero-order chi connectivity index (χ0) is 15.1. The van der Waals surface area contributed by atoms with E-state index in [1.165, 1.54) is 0 Å². The van der Waals surface area contributed by atoms with Crippen molar-refractivity contribution in [2.75, 3.05) is 13.7 Å². The van der Waals surface area contributed by atoms with Crippen LogP contribution in [0.1, 0.15) is 29.8 Å². The van der Waals surface area contributed by atoms with E-state index in [9.17, 15) is 9.59 Å². The van der Waals surface area contributed by atoms with Gasteiger partial charge in [-0.15, -0.1) is 0 Å². The van der Waals surface area contributed by atoms with Gasteiger partial charge in [0.15, 0.2) is 0 Å². The molecule has 1 aromatic rings. The Kier molecular flexibility index (Phi) is 6.18. The van der Waals surface area contributed by atoms with E-state index in [2.05, 4.69) is 10.6 Å². The van der Waals surface area contributed by atoms with Crippen LogP contribution >= 0.6 is 0 Å². The zero-order valence-electron chi connectivity index (χ0n) is 12.4. The maximum absolute atomic E-state index is 12.0. The molecule has 0 saturated carbocycles. The highest BCUT2D eigenvalue weighted by atomic mass is 16.5. The molecule has 0 aliphatic carbocycles. The third-order valence-corrected chi connectivity index (χ3v) is 2.83. The van der Waals surface area contributed by atoms with E-state index in [1.54, 1.807) is 26.2 Å². The number of hydrogen-bond donors (Lipinski definition) is 2. The molecular formula is C15H22N2O3. The monoisotopic (exact) mass is 278 g/mol. The summed E-state index contributed by atoms with van der Waals surface area (Å²) in [6, 6.07) is 6.55. The van der Waals surface area contributed by atoms with Crippen molar-refractivity contribution in [2.24, 2.45) is 0 Å². The summed E-state index contributed by atoms with van der Waals surface area (Å²) in [7, 11) is 1.57. The van der Waals surface area contributed by atoms with Gasteiger partial charge in [0.25, 0.3) is 5.91 Å². The third-order valence-electron chi connectivity index (χ3n) is 2.83. The number of amides is 2. The Morgan fingerprint density at radius 1 is 1.25 bits per heavy atom. The molecule has 20 heavy (non-hydrogen) atoms. The summed E-state index contributed by atoms with van der Waals surface area (Å²) in [5.41, 5.74) is 1.55. The van der Waals surface area contributed by atoms with Crippen LogP contribution in [-0.2, 0) is 9.53 Å². The number of rotatable bonds is 6. The lowest BCUT2D eigenvalue weighted by Crippen LogP contribution is -2.48. The molecule has 0 aromatic heterocycles. The van der Waals surface area contributed by atoms with E-state index in [0.29, 0.717) is 12.2 Å². The van der Waals surface area contributed by atoms with Gasteiger partial charge in [-0.1, -0.05) is 17.7 Å². The number of carbonyl (C=O) groups is 2. The SMILES string of the molecule is COCC(C)NC(=O)C(C)NC(=O)c1cccc(C)c1. The number of benzene rings is 1. The molecule has 5 heteroatoms. The molecule has 0 saturated heterocycles. The summed E-state index contributed by atoms with van der Waals surface area (Å²) >= 11 is 0. The lowest BCUT2D eigenvalue weighted by atomic mass is 10.1. The van der Waals surface area contributed by atoms with E-state index in [1.807, 2.05) is 26.0 Å². The van der Waals surface area contributed by atoms with Gasteiger partial charge in [0.1, 0.15) is 6.04 Å². The normalized spacial score (nSPS) is 13.4. The maximum Gasteiger partial charge on any atom is 0.251 e. The van der Waals surface area contributed by atoms with Gasteiger partial charge in [0, 0.05) is 18.7 Å². The lowest BCUT2D eigenvalue weighted by Gasteiger charge is -2.18. The summed E-state index contributed by atoms with van der Waals surface area (Å²) in [6.07, 6.45) is 0. The third kappa shape index (κ3) is 5.01. The molecule has 0 bridgehead atoms. The average Bonchev–Trinajstić information content (AvgIpc) is 2.38. The fourth-order valence-electron chi connectivity index (χ4n) is 1.79. The van der Waals surface area contributed by atoms with Crippen LogP contribution in [0, 0.1) is 6.92 Å². The molecule has 0 spiro atoms. The second kappa shape index (κ2) is 7.65. The molecule has 110 valence electrons. The molecule has 2 unspecified atom stereocenters. The van der Waals surface area contributed by atoms with Crippen LogP contribution in [0.5, 0.6) is 0 Å². The predicted molar refractivity (Wildman–Crippen MR) is 77.6 cm³/mol. The highest BCUT2D eigenvalue weighted by Gasteiger charge is 2.18. The number of carbonyl (C=O) groups excluding carboxylic acids is 2. The van der Waals surface area contributed by atoms with Gasteiger partial charge in [-0.2, -0.15) is 0 Å². The van der Waals surface area contributed by atoms with Gasteiger partial charge in [-0.3, -0.25) is 9.59 Å². The van der Waals surface area contributed by atoms with Gasteiger partial charge < -0.3 is 15.4 Å². The van der Waals surface area contributed by atoms with Crippen LogP contribution in [-0.4, -0.2) is 37.6 Å². The molecule has 0 aliphatic heterocycles. The van der Waals surface area contributed by atoms with Crippen molar-refractivity contribution in [3.8, 4) is 0 Å². The van der Waals surface area contributed by atoms with Crippen LogP contribution in [0.4, 0.5) is 0 Å². The molecule has 1 rings (SSSR count). The van der Waals surface area contributed by atoms with Crippen molar-refractivity contribution in [3.63, 3.8) is 0 Å². The smallest absolute Gasteiger partial charge is 0.251 e. The minimum absolute atomic E-state index is 0.0918. The molecule has 1 aromatic carbocycles. The van der Waals surface area contributed by atoms with E-state index in [-0.39, 0.29) is 17.9 Å². The van der Waals surface area contributed by atoms with E-state index < -0.39 is 6.04 Å². The van der Waals surface area contributed by atoms with Crippen LogP contribution in [0.15, 0.2) is 24.3 Å². The highest BCUT2D eigenvalue weighted by Crippen LogP contribution is 2.04. The fourth-order valence-corrected chi connectivity index (χ4v) is 1.79. The van der Waals surface area contributed by atoms with Crippen LogP contribution in [0.3, 0.4) is 0 Å². The first-order valence-corrected chi connectivity index (χ1v) is 6.61. The van der Waals surface area contributed by atoms with Crippen LogP contribution in [0.25, 0.3) is 0 Å². The van der Waals surface area contributed by atoms with Crippen molar-refractivity contribution >= 4 is 11.8 Å². The van der Waals surface area contributed by atoms with Gasteiger partial charge in [0.05, 0.1) is 6.61 Å². The average molecular weight is 278 g/mol. The standard InChI is InChI=1S/C15H22N2O3/c1-10-6-5-7-13(8-10)15(19)17-12(3)14(18)16-11(2)9-20-4/h5-8,11-12H,9H2,1-4H3,(H,16,18)(H,17,19). The Labute approximate surface area is 119 Å². The molecule has 0 fully saturated rings. The molecule has 0 heterocycles. The summed E-state index contributed by atoms with van der Waals surface area (Å²) in [4.78, 5) is 23.9.